The van der Waals surface area contributed by atoms with Crippen molar-refractivity contribution in [1.82, 2.24) is 9.97 Å². The molecule has 0 aliphatic rings. The van der Waals surface area contributed by atoms with Crippen molar-refractivity contribution in [2.24, 2.45) is 0 Å². The smallest absolute Gasteiger partial charge is 0.258 e. The molecule has 0 bridgehead atoms. The molecule has 104 valence electrons. The summed E-state index contributed by atoms with van der Waals surface area (Å²) < 4.78 is 24.4. The Morgan fingerprint density at radius 2 is 1.90 bits per heavy atom. The molecule has 0 unspecified atom stereocenters. The van der Waals surface area contributed by atoms with Crippen LogP contribution in [-0.4, -0.2) is 20.6 Å². The van der Waals surface area contributed by atoms with Crippen LogP contribution in [-0.2, 0) is 0 Å². The molecule has 2 rings (SSSR count). The van der Waals surface area contributed by atoms with Gasteiger partial charge in [0.1, 0.15) is 6.33 Å². The van der Waals surface area contributed by atoms with Gasteiger partial charge in [-0.3, -0.25) is 10.1 Å². The lowest BCUT2D eigenvalue weighted by atomic mass is 10.1. The maximum absolute atomic E-state index is 12.2. The van der Waals surface area contributed by atoms with Crippen LogP contribution in [0.1, 0.15) is 0 Å². The van der Waals surface area contributed by atoms with E-state index in [2.05, 4.69) is 9.97 Å². The molecule has 0 aliphatic heterocycles. The first-order chi connectivity index (χ1) is 9.49. The summed E-state index contributed by atoms with van der Waals surface area (Å²) in [4.78, 5) is 18.0. The second kappa shape index (κ2) is 6.10. The number of hydrogen-bond acceptors (Lipinski definition) is 5. The van der Waals surface area contributed by atoms with Crippen LogP contribution < -0.4 is 0 Å². The van der Waals surface area contributed by atoms with Crippen LogP contribution in [0.5, 0.6) is 0 Å². The van der Waals surface area contributed by atoms with Gasteiger partial charge in [0.25, 0.3) is 5.76 Å². The lowest BCUT2D eigenvalue weighted by Gasteiger charge is -2.04. The van der Waals surface area contributed by atoms with Gasteiger partial charge in [-0.05, 0) is 12.1 Å². The van der Waals surface area contributed by atoms with E-state index in [1.54, 1.807) is 0 Å². The summed E-state index contributed by atoms with van der Waals surface area (Å²) in [6.45, 7) is 0. The average molecular weight is 318 g/mol. The van der Waals surface area contributed by atoms with Crippen molar-refractivity contribution < 1.29 is 13.7 Å². The maximum Gasteiger partial charge on any atom is 0.332 e. The predicted molar refractivity (Wildman–Crippen MR) is 71.0 cm³/mol. The van der Waals surface area contributed by atoms with E-state index in [-0.39, 0.29) is 10.8 Å². The van der Waals surface area contributed by atoms with Gasteiger partial charge in [0.15, 0.2) is 5.69 Å². The van der Waals surface area contributed by atoms with Gasteiger partial charge in [0, 0.05) is 10.5 Å². The quantitative estimate of drug-likeness (QED) is 0.369. The fraction of sp³-hybridized carbons (Fsp3) is 0.0909. The number of halogens is 3. The Bertz CT molecular complexity index is 640. The number of nitro groups is 1. The van der Waals surface area contributed by atoms with E-state index in [0.717, 1.165) is 6.33 Å². The van der Waals surface area contributed by atoms with E-state index < -0.39 is 16.4 Å². The highest BCUT2D eigenvalue weighted by Crippen LogP contribution is 2.34. The molecule has 1 aromatic carbocycles. The zero-order chi connectivity index (χ0) is 14.7. The van der Waals surface area contributed by atoms with Crippen molar-refractivity contribution in [2.45, 2.75) is 10.7 Å². The molecule has 0 saturated carbocycles. The lowest BCUT2D eigenvalue weighted by molar-refractivity contribution is -0.384. The molecule has 0 radical (unpaired) electrons. The Morgan fingerprint density at radius 1 is 1.25 bits per heavy atom. The van der Waals surface area contributed by atoms with Gasteiger partial charge in [0.05, 0.1) is 4.92 Å². The zero-order valence-electron chi connectivity index (χ0n) is 9.66. The highest BCUT2D eigenvalue weighted by molar-refractivity contribution is 7.99. The number of rotatable bonds is 4. The number of nitrogens with zero attached hydrogens (tertiary/aromatic N) is 3. The molecule has 1 heterocycles. The van der Waals surface area contributed by atoms with E-state index in [0.29, 0.717) is 22.2 Å². The molecule has 0 spiro atoms. The van der Waals surface area contributed by atoms with E-state index in [1.165, 1.54) is 24.3 Å². The van der Waals surface area contributed by atoms with E-state index in [4.69, 9.17) is 11.6 Å². The molecule has 0 N–H and O–H groups in total. The highest BCUT2D eigenvalue weighted by atomic mass is 35.5. The molecule has 5 nitrogen and oxygen atoms in total. The third kappa shape index (κ3) is 3.20. The van der Waals surface area contributed by atoms with Gasteiger partial charge in [0.2, 0.25) is 5.15 Å². The Balaban J connectivity index is 2.42. The van der Waals surface area contributed by atoms with Gasteiger partial charge in [-0.2, -0.15) is 8.78 Å². The van der Waals surface area contributed by atoms with Gasteiger partial charge >= 0.3 is 5.69 Å². The summed E-state index contributed by atoms with van der Waals surface area (Å²) in [6.07, 6.45) is 1.10. The van der Waals surface area contributed by atoms with Crippen LogP contribution in [0.3, 0.4) is 0 Å². The Morgan fingerprint density at radius 3 is 2.45 bits per heavy atom. The standard InChI is InChI=1S/C11H6ClF2N3O2S/c12-10-9(17(18)19)8(15-5-16-10)6-1-3-7(4-2-6)20-11(13)14/h1-5,11H. The number of alkyl halides is 2. The topological polar surface area (TPSA) is 68.9 Å². The van der Waals surface area contributed by atoms with Crippen molar-refractivity contribution in [3.8, 4) is 11.3 Å². The Labute approximate surface area is 121 Å². The fourth-order valence-electron chi connectivity index (χ4n) is 1.52. The van der Waals surface area contributed by atoms with Crippen LogP contribution in [0, 0.1) is 10.1 Å². The minimum atomic E-state index is -2.52. The molecule has 0 fully saturated rings. The molecule has 2 aromatic rings. The minimum absolute atomic E-state index is 0.0450. The van der Waals surface area contributed by atoms with Gasteiger partial charge in [-0.15, -0.1) is 0 Å². The largest absolute Gasteiger partial charge is 0.332 e. The van der Waals surface area contributed by atoms with Crippen LogP contribution in [0.2, 0.25) is 5.15 Å². The summed E-state index contributed by atoms with van der Waals surface area (Å²) >= 11 is 6.07. The molecule has 0 atom stereocenters. The number of hydrogen-bond donors (Lipinski definition) is 0. The van der Waals surface area contributed by atoms with Crippen molar-refractivity contribution in [3.05, 3.63) is 45.9 Å². The Hall–Kier alpha value is -1.80. The summed E-state index contributed by atoms with van der Waals surface area (Å²) in [6, 6.07) is 5.81. The summed E-state index contributed by atoms with van der Waals surface area (Å²) in [7, 11) is 0. The van der Waals surface area contributed by atoms with E-state index >= 15 is 0 Å². The van der Waals surface area contributed by atoms with Crippen molar-refractivity contribution in [1.29, 1.82) is 0 Å². The van der Waals surface area contributed by atoms with Crippen LogP contribution >= 0.6 is 23.4 Å². The molecular weight excluding hydrogens is 312 g/mol. The van der Waals surface area contributed by atoms with Crippen LogP contribution in [0.25, 0.3) is 11.3 Å². The Kier molecular flexibility index (Phi) is 4.46. The average Bonchev–Trinajstić information content (AvgIpc) is 2.38. The summed E-state index contributed by atoms with van der Waals surface area (Å²) in [5.74, 6) is -2.52. The number of thioether (sulfide) groups is 1. The number of benzene rings is 1. The maximum atomic E-state index is 12.2. The highest BCUT2D eigenvalue weighted by Gasteiger charge is 2.22. The summed E-state index contributed by atoms with van der Waals surface area (Å²) in [5.41, 5.74) is 0.0339. The molecule has 0 saturated heterocycles. The second-order valence-electron chi connectivity index (χ2n) is 3.52. The SMILES string of the molecule is O=[N+]([O-])c1c(Cl)ncnc1-c1ccc(SC(F)F)cc1. The van der Waals surface area contributed by atoms with Gasteiger partial charge < -0.3 is 0 Å². The van der Waals surface area contributed by atoms with Crippen LogP contribution in [0.4, 0.5) is 14.5 Å². The van der Waals surface area contributed by atoms with E-state index in [1.807, 2.05) is 0 Å². The molecule has 9 heteroatoms. The van der Waals surface area contributed by atoms with Crippen molar-refractivity contribution in [2.75, 3.05) is 0 Å². The second-order valence-corrected chi connectivity index (χ2v) is 4.94. The third-order valence-electron chi connectivity index (χ3n) is 2.31. The first-order valence-corrected chi connectivity index (χ1v) is 6.45. The normalized spacial score (nSPS) is 10.8. The van der Waals surface area contributed by atoms with Gasteiger partial charge in [-0.1, -0.05) is 35.5 Å². The first kappa shape index (κ1) is 14.6. The lowest BCUT2D eigenvalue weighted by Crippen LogP contribution is -1.97. The summed E-state index contributed by atoms with van der Waals surface area (Å²) in [5, 5.41) is 10.7. The fourth-order valence-corrected chi connectivity index (χ4v) is 2.23. The molecule has 0 aliphatic carbocycles. The van der Waals surface area contributed by atoms with Crippen molar-refractivity contribution >= 4 is 29.1 Å². The van der Waals surface area contributed by atoms with Crippen molar-refractivity contribution in [3.63, 3.8) is 0 Å². The molecule has 0 amide bonds. The van der Waals surface area contributed by atoms with Crippen LogP contribution in [0.15, 0.2) is 35.5 Å². The first-order valence-electron chi connectivity index (χ1n) is 5.19. The zero-order valence-corrected chi connectivity index (χ0v) is 11.2. The molecule has 20 heavy (non-hydrogen) atoms. The monoisotopic (exact) mass is 317 g/mol. The number of aromatic nitrogens is 2. The third-order valence-corrected chi connectivity index (χ3v) is 3.31. The molecular formula is C11H6ClF2N3O2S. The molecule has 1 aromatic heterocycles. The predicted octanol–water partition coefficient (Wildman–Crippen LogP) is 4.02. The van der Waals surface area contributed by atoms with Gasteiger partial charge in [-0.25, -0.2) is 9.97 Å². The van der Waals surface area contributed by atoms with E-state index in [9.17, 15) is 18.9 Å². The minimum Gasteiger partial charge on any atom is -0.258 e.